The highest BCUT2D eigenvalue weighted by Crippen LogP contribution is 2.27. The van der Waals surface area contributed by atoms with Crippen molar-refractivity contribution < 1.29 is 9.50 Å². The van der Waals surface area contributed by atoms with Gasteiger partial charge in [0.1, 0.15) is 11.6 Å². The van der Waals surface area contributed by atoms with Crippen LogP contribution in [0.3, 0.4) is 0 Å². The van der Waals surface area contributed by atoms with E-state index in [1.165, 1.54) is 12.1 Å². The van der Waals surface area contributed by atoms with Crippen LogP contribution in [0.5, 0.6) is 5.75 Å². The lowest BCUT2D eigenvalue weighted by molar-refractivity contribution is 0.457. The molecule has 0 aromatic heterocycles. The summed E-state index contributed by atoms with van der Waals surface area (Å²) in [6.07, 6.45) is 0. The van der Waals surface area contributed by atoms with Crippen molar-refractivity contribution in [1.29, 1.82) is 0 Å². The third-order valence-electron chi connectivity index (χ3n) is 2.05. The number of halogens is 1. The van der Waals surface area contributed by atoms with Crippen LogP contribution in [0.15, 0.2) is 12.1 Å². The van der Waals surface area contributed by atoms with E-state index in [1.54, 1.807) is 6.92 Å². The molecule has 0 bridgehead atoms. The van der Waals surface area contributed by atoms with Crippen molar-refractivity contribution >= 4 is 0 Å². The van der Waals surface area contributed by atoms with Crippen LogP contribution in [-0.2, 0) is 0 Å². The molecule has 3 nitrogen and oxygen atoms in total. The molecule has 1 rings (SSSR count). The average Bonchev–Trinajstić information content (AvgIpc) is 2.12. The standard InChI is InChI=1S/C9H13FN2O/c1-5-6(10)2-3-8(13)9(5)7(12)4-11/h2-3,7,13H,4,11-12H2,1H3/t7-/m0/s1. The zero-order valence-electron chi connectivity index (χ0n) is 7.42. The Morgan fingerprint density at radius 2 is 2.15 bits per heavy atom. The second-order valence-electron chi connectivity index (χ2n) is 2.95. The minimum atomic E-state index is -0.518. The van der Waals surface area contributed by atoms with Crippen LogP contribution in [0.1, 0.15) is 17.2 Å². The fraction of sp³-hybridized carbons (Fsp3) is 0.333. The predicted molar refractivity (Wildman–Crippen MR) is 48.8 cm³/mol. The van der Waals surface area contributed by atoms with Crippen LogP contribution >= 0.6 is 0 Å². The molecule has 0 saturated carbocycles. The number of benzene rings is 1. The van der Waals surface area contributed by atoms with Gasteiger partial charge in [0.15, 0.2) is 0 Å². The molecule has 5 N–H and O–H groups in total. The van der Waals surface area contributed by atoms with Crippen molar-refractivity contribution in [1.82, 2.24) is 0 Å². The number of nitrogens with two attached hydrogens (primary N) is 2. The van der Waals surface area contributed by atoms with Gasteiger partial charge in [-0.05, 0) is 24.6 Å². The van der Waals surface area contributed by atoms with E-state index in [1.807, 2.05) is 0 Å². The fourth-order valence-electron chi connectivity index (χ4n) is 1.27. The van der Waals surface area contributed by atoms with Gasteiger partial charge in [0, 0.05) is 18.2 Å². The Morgan fingerprint density at radius 1 is 1.54 bits per heavy atom. The maximum Gasteiger partial charge on any atom is 0.126 e. The smallest absolute Gasteiger partial charge is 0.126 e. The Morgan fingerprint density at radius 3 is 2.69 bits per heavy atom. The van der Waals surface area contributed by atoms with Gasteiger partial charge in [-0.2, -0.15) is 0 Å². The molecule has 1 aromatic rings. The molecule has 0 saturated heterocycles. The van der Waals surface area contributed by atoms with E-state index < -0.39 is 6.04 Å². The first-order valence-electron chi connectivity index (χ1n) is 4.01. The molecule has 0 aliphatic heterocycles. The van der Waals surface area contributed by atoms with Gasteiger partial charge >= 0.3 is 0 Å². The molecule has 0 aliphatic rings. The first-order valence-corrected chi connectivity index (χ1v) is 4.01. The molecule has 1 atom stereocenters. The predicted octanol–water partition coefficient (Wildman–Crippen LogP) is 0.798. The third kappa shape index (κ3) is 1.79. The molecule has 4 heteroatoms. The highest BCUT2D eigenvalue weighted by Gasteiger charge is 2.14. The van der Waals surface area contributed by atoms with Gasteiger partial charge in [0.05, 0.1) is 0 Å². The first kappa shape index (κ1) is 9.95. The van der Waals surface area contributed by atoms with Gasteiger partial charge in [0.25, 0.3) is 0 Å². The van der Waals surface area contributed by atoms with Gasteiger partial charge in [-0.15, -0.1) is 0 Å². The third-order valence-corrected chi connectivity index (χ3v) is 2.05. The SMILES string of the molecule is Cc1c(F)ccc(O)c1[C@@H](N)CN. The molecule has 0 heterocycles. The lowest BCUT2D eigenvalue weighted by Gasteiger charge is -2.14. The molecular weight excluding hydrogens is 171 g/mol. The lowest BCUT2D eigenvalue weighted by atomic mass is 10.0. The van der Waals surface area contributed by atoms with E-state index >= 15 is 0 Å². The van der Waals surface area contributed by atoms with Crippen molar-refractivity contribution in [3.05, 3.63) is 29.1 Å². The van der Waals surface area contributed by atoms with Gasteiger partial charge in [-0.25, -0.2) is 4.39 Å². The molecule has 13 heavy (non-hydrogen) atoms. The van der Waals surface area contributed by atoms with Crippen LogP contribution in [0, 0.1) is 12.7 Å². The van der Waals surface area contributed by atoms with Crippen molar-refractivity contribution in [2.45, 2.75) is 13.0 Å². The van der Waals surface area contributed by atoms with E-state index in [0.717, 1.165) is 0 Å². The van der Waals surface area contributed by atoms with Crippen molar-refractivity contribution in [2.75, 3.05) is 6.54 Å². The Balaban J connectivity index is 3.25. The molecule has 0 fully saturated rings. The molecule has 0 amide bonds. The van der Waals surface area contributed by atoms with Crippen molar-refractivity contribution in [2.24, 2.45) is 11.5 Å². The molecule has 0 radical (unpaired) electrons. The summed E-state index contributed by atoms with van der Waals surface area (Å²) in [5, 5.41) is 9.42. The number of hydrogen-bond acceptors (Lipinski definition) is 3. The van der Waals surface area contributed by atoms with E-state index in [2.05, 4.69) is 0 Å². The minimum absolute atomic E-state index is 0.00292. The van der Waals surface area contributed by atoms with Gasteiger partial charge in [-0.1, -0.05) is 0 Å². The molecular formula is C9H13FN2O. The van der Waals surface area contributed by atoms with E-state index in [9.17, 15) is 9.50 Å². The summed E-state index contributed by atoms with van der Waals surface area (Å²) in [6.45, 7) is 1.75. The summed E-state index contributed by atoms with van der Waals surface area (Å²) < 4.78 is 13.0. The summed E-state index contributed by atoms with van der Waals surface area (Å²) in [4.78, 5) is 0. The fourth-order valence-corrected chi connectivity index (χ4v) is 1.27. The Hall–Kier alpha value is -1.13. The molecule has 0 unspecified atom stereocenters. The Labute approximate surface area is 76.2 Å². The second-order valence-corrected chi connectivity index (χ2v) is 2.95. The van der Waals surface area contributed by atoms with Gasteiger partial charge in [0.2, 0.25) is 0 Å². The first-order chi connectivity index (χ1) is 6.07. The highest BCUT2D eigenvalue weighted by atomic mass is 19.1. The van der Waals surface area contributed by atoms with Gasteiger partial charge < -0.3 is 16.6 Å². The summed E-state index contributed by atoms with van der Waals surface area (Å²) in [5.74, 6) is -0.381. The highest BCUT2D eigenvalue weighted by molar-refractivity contribution is 5.41. The zero-order chi connectivity index (χ0) is 10.0. The van der Waals surface area contributed by atoms with Crippen molar-refractivity contribution in [3.8, 4) is 5.75 Å². The number of aromatic hydroxyl groups is 1. The maximum atomic E-state index is 13.0. The number of phenolic OH excluding ortho intramolecular Hbond substituents is 1. The van der Waals surface area contributed by atoms with E-state index in [0.29, 0.717) is 11.1 Å². The average molecular weight is 184 g/mol. The summed E-state index contributed by atoms with van der Waals surface area (Å²) in [5.41, 5.74) is 11.7. The maximum absolute atomic E-state index is 13.0. The number of phenols is 1. The quantitative estimate of drug-likeness (QED) is 0.636. The molecule has 0 aliphatic carbocycles. The normalized spacial score (nSPS) is 12.9. The molecule has 72 valence electrons. The van der Waals surface area contributed by atoms with Crippen LogP contribution in [0.2, 0.25) is 0 Å². The molecule has 0 spiro atoms. The zero-order valence-corrected chi connectivity index (χ0v) is 7.42. The molecule has 1 aromatic carbocycles. The van der Waals surface area contributed by atoms with Gasteiger partial charge in [-0.3, -0.25) is 0 Å². The summed E-state index contributed by atoms with van der Waals surface area (Å²) in [6, 6.07) is 1.97. The summed E-state index contributed by atoms with van der Waals surface area (Å²) >= 11 is 0. The topological polar surface area (TPSA) is 72.3 Å². The largest absolute Gasteiger partial charge is 0.508 e. The van der Waals surface area contributed by atoms with Crippen LogP contribution in [0.4, 0.5) is 4.39 Å². The Kier molecular flexibility index (Phi) is 2.85. The van der Waals surface area contributed by atoms with Crippen molar-refractivity contribution in [3.63, 3.8) is 0 Å². The van der Waals surface area contributed by atoms with E-state index in [-0.39, 0.29) is 18.1 Å². The monoisotopic (exact) mass is 184 g/mol. The van der Waals surface area contributed by atoms with Crippen LogP contribution in [-0.4, -0.2) is 11.7 Å². The summed E-state index contributed by atoms with van der Waals surface area (Å²) in [7, 11) is 0. The van der Waals surface area contributed by atoms with Crippen LogP contribution < -0.4 is 11.5 Å². The second kappa shape index (κ2) is 3.72. The van der Waals surface area contributed by atoms with Crippen LogP contribution in [0.25, 0.3) is 0 Å². The number of hydrogen-bond donors (Lipinski definition) is 3. The number of rotatable bonds is 2. The van der Waals surface area contributed by atoms with E-state index in [4.69, 9.17) is 11.5 Å². The Bertz CT molecular complexity index is 315. The minimum Gasteiger partial charge on any atom is -0.508 e. The lowest BCUT2D eigenvalue weighted by Crippen LogP contribution is -2.22.